The number of aryl methyl sites for hydroxylation is 1. The molecule has 2 heterocycles. The van der Waals surface area contributed by atoms with Crippen LogP contribution in [0.3, 0.4) is 0 Å². The molecule has 2 amide bonds. The topological polar surface area (TPSA) is 110 Å². The van der Waals surface area contributed by atoms with E-state index in [2.05, 4.69) is 25.8 Å². The van der Waals surface area contributed by atoms with Crippen LogP contribution in [0.15, 0.2) is 47.2 Å². The second kappa shape index (κ2) is 8.22. The molecule has 3 aromatic rings. The van der Waals surface area contributed by atoms with E-state index < -0.39 is 0 Å². The summed E-state index contributed by atoms with van der Waals surface area (Å²) in [6.07, 6.45) is 3.14. The van der Waals surface area contributed by atoms with Crippen molar-refractivity contribution in [1.82, 2.24) is 15.1 Å². The molecule has 0 unspecified atom stereocenters. The number of carbonyl (C=O) groups is 2. The standard InChI is InChI=1S/C21H23N5O3/c1-13-11-23-16(12-22-13)20(28)24-15-7-5-14(6-8-15)9-19(27)25-18-10-17(29-26-18)21(2,3)4/h5-8,10-12H,9H2,1-4H3,(H,24,28)(H,25,26,27). The molecule has 2 N–H and O–H groups in total. The van der Waals surface area contributed by atoms with Gasteiger partial charge in [-0.3, -0.25) is 14.6 Å². The minimum atomic E-state index is -0.344. The van der Waals surface area contributed by atoms with Crippen LogP contribution in [-0.2, 0) is 16.6 Å². The number of rotatable bonds is 5. The molecule has 2 aromatic heterocycles. The average Bonchev–Trinajstić information content (AvgIpc) is 3.12. The lowest BCUT2D eigenvalue weighted by Crippen LogP contribution is -2.15. The predicted molar refractivity (Wildman–Crippen MR) is 109 cm³/mol. The third-order valence-electron chi connectivity index (χ3n) is 4.11. The molecule has 1 aromatic carbocycles. The van der Waals surface area contributed by atoms with Crippen molar-refractivity contribution < 1.29 is 14.1 Å². The van der Waals surface area contributed by atoms with Crippen molar-refractivity contribution in [3.8, 4) is 0 Å². The summed E-state index contributed by atoms with van der Waals surface area (Å²) in [4.78, 5) is 32.5. The van der Waals surface area contributed by atoms with E-state index in [4.69, 9.17) is 4.52 Å². The van der Waals surface area contributed by atoms with Crippen LogP contribution in [0.2, 0.25) is 0 Å². The Hall–Kier alpha value is -3.55. The number of nitrogens with zero attached hydrogens (tertiary/aromatic N) is 3. The first-order valence-corrected chi connectivity index (χ1v) is 9.17. The lowest BCUT2D eigenvalue weighted by Gasteiger charge is -2.12. The van der Waals surface area contributed by atoms with Crippen molar-refractivity contribution in [3.63, 3.8) is 0 Å². The molecule has 8 heteroatoms. The van der Waals surface area contributed by atoms with E-state index in [9.17, 15) is 9.59 Å². The Balaban J connectivity index is 1.56. The Bertz CT molecular complexity index is 1000. The fourth-order valence-corrected chi connectivity index (χ4v) is 2.47. The summed E-state index contributed by atoms with van der Waals surface area (Å²) < 4.78 is 5.26. The first kappa shape index (κ1) is 20.2. The van der Waals surface area contributed by atoms with Gasteiger partial charge in [0.15, 0.2) is 5.82 Å². The molecule has 0 aliphatic rings. The first-order valence-electron chi connectivity index (χ1n) is 9.17. The summed E-state index contributed by atoms with van der Waals surface area (Å²) in [5.41, 5.74) is 2.20. The molecule has 0 spiro atoms. The van der Waals surface area contributed by atoms with E-state index in [1.54, 1.807) is 37.3 Å². The van der Waals surface area contributed by atoms with Crippen LogP contribution >= 0.6 is 0 Å². The maximum absolute atomic E-state index is 12.2. The Labute approximate surface area is 168 Å². The summed E-state index contributed by atoms with van der Waals surface area (Å²) in [6, 6.07) is 8.75. The second-order valence-corrected chi connectivity index (χ2v) is 7.75. The van der Waals surface area contributed by atoms with E-state index in [0.29, 0.717) is 17.3 Å². The van der Waals surface area contributed by atoms with Gasteiger partial charge in [-0.2, -0.15) is 0 Å². The zero-order valence-electron chi connectivity index (χ0n) is 16.8. The number of nitrogens with one attached hydrogen (secondary N) is 2. The van der Waals surface area contributed by atoms with Gasteiger partial charge in [0.2, 0.25) is 5.91 Å². The molecule has 0 saturated heterocycles. The van der Waals surface area contributed by atoms with Crippen molar-refractivity contribution in [2.45, 2.75) is 39.5 Å². The summed E-state index contributed by atoms with van der Waals surface area (Å²) >= 11 is 0. The molecule has 0 bridgehead atoms. The van der Waals surface area contributed by atoms with Crippen LogP contribution < -0.4 is 10.6 Å². The molecule has 0 saturated carbocycles. The van der Waals surface area contributed by atoms with E-state index in [0.717, 1.165) is 11.3 Å². The molecule has 0 radical (unpaired) electrons. The number of anilines is 2. The van der Waals surface area contributed by atoms with Gasteiger partial charge in [-0.25, -0.2) is 4.98 Å². The highest BCUT2D eigenvalue weighted by atomic mass is 16.5. The summed E-state index contributed by atoms with van der Waals surface area (Å²) in [7, 11) is 0. The van der Waals surface area contributed by atoms with E-state index >= 15 is 0 Å². The molecule has 0 fully saturated rings. The highest BCUT2D eigenvalue weighted by molar-refractivity contribution is 6.02. The Morgan fingerprint density at radius 3 is 2.34 bits per heavy atom. The average molecular weight is 393 g/mol. The van der Waals surface area contributed by atoms with Crippen molar-refractivity contribution in [2.75, 3.05) is 10.6 Å². The van der Waals surface area contributed by atoms with Gasteiger partial charge in [0.25, 0.3) is 5.91 Å². The van der Waals surface area contributed by atoms with Gasteiger partial charge in [0.05, 0.1) is 18.3 Å². The van der Waals surface area contributed by atoms with E-state index in [-0.39, 0.29) is 29.3 Å². The quantitative estimate of drug-likeness (QED) is 0.686. The van der Waals surface area contributed by atoms with Crippen LogP contribution in [0, 0.1) is 6.92 Å². The van der Waals surface area contributed by atoms with E-state index in [1.807, 2.05) is 20.8 Å². The van der Waals surface area contributed by atoms with Gasteiger partial charge in [0, 0.05) is 23.4 Å². The Morgan fingerprint density at radius 1 is 1.03 bits per heavy atom. The Kier molecular flexibility index (Phi) is 5.72. The molecule has 150 valence electrons. The van der Waals surface area contributed by atoms with Crippen LogP contribution in [-0.4, -0.2) is 26.9 Å². The summed E-state index contributed by atoms with van der Waals surface area (Å²) in [5, 5.41) is 9.36. The first-order chi connectivity index (χ1) is 13.7. The molecule has 0 aliphatic heterocycles. The summed E-state index contributed by atoms with van der Waals surface area (Å²) in [5.74, 6) is 0.545. The van der Waals surface area contributed by atoms with E-state index in [1.165, 1.54) is 12.4 Å². The zero-order chi connectivity index (χ0) is 21.0. The fraction of sp³-hybridized carbons (Fsp3) is 0.286. The molecule has 29 heavy (non-hydrogen) atoms. The normalized spacial score (nSPS) is 11.2. The van der Waals surface area contributed by atoms with Gasteiger partial charge in [-0.05, 0) is 24.6 Å². The van der Waals surface area contributed by atoms with Crippen LogP contribution in [0.25, 0.3) is 0 Å². The monoisotopic (exact) mass is 393 g/mol. The highest BCUT2D eigenvalue weighted by Crippen LogP contribution is 2.24. The van der Waals surface area contributed by atoms with Crippen molar-refractivity contribution >= 4 is 23.3 Å². The molecule has 3 rings (SSSR count). The zero-order valence-corrected chi connectivity index (χ0v) is 16.8. The molecule has 8 nitrogen and oxygen atoms in total. The third kappa shape index (κ3) is 5.47. The van der Waals surface area contributed by atoms with Crippen LogP contribution in [0.5, 0.6) is 0 Å². The summed E-state index contributed by atoms with van der Waals surface area (Å²) in [6.45, 7) is 7.82. The van der Waals surface area contributed by atoms with Gasteiger partial charge in [-0.15, -0.1) is 0 Å². The van der Waals surface area contributed by atoms with Gasteiger partial charge < -0.3 is 15.2 Å². The molecule has 0 atom stereocenters. The smallest absolute Gasteiger partial charge is 0.275 e. The van der Waals surface area contributed by atoms with Gasteiger partial charge in [-0.1, -0.05) is 38.1 Å². The van der Waals surface area contributed by atoms with Crippen LogP contribution in [0.1, 0.15) is 48.3 Å². The minimum Gasteiger partial charge on any atom is -0.359 e. The predicted octanol–water partition coefficient (Wildman–Crippen LogP) is 3.50. The number of carbonyl (C=O) groups excluding carboxylic acids is 2. The lowest BCUT2D eigenvalue weighted by atomic mass is 9.93. The minimum absolute atomic E-state index is 0.176. The lowest BCUT2D eigenvalue weighted by molar-refractivity contribution is -0.115. The van der Waals surface area contributed by atoms with Crippen LogP contribution in [0.4, 0.5) is 11.5 Å². The van der Waals surface area contributed by atoms with Crippen molar-refractivity contribution in [1.29, 1.82) is 0 Å². The van der Waals surface area contributed by atoms with Gasteiger partial charge >= 0.3 is 0 Å². The highest BCUT2D eigenvalue weighted by Gasteiger charge is 2.20. The number of benzene rings is 1. The molecule has 0 aliphatic carbocycles. The maximum atomic E-state index is 12.2. The number of amides is 2. The second-order valence-electron chi connectivity index (χ2n) is 7.75. The van der Waals surface area contributed by atoms with Crippen molar-refractivity contribution in [2.24, 2.45) is 0 Å². The van der Waals surface area contributed by atoms with Crippen molar-refractivity contribution in [3.05, 3.63) is 65.4 Å². The largest absolute Gasteiger partial charge is 0.359 e. The number of aromatic nitrogens is 3. The fourth-order valence-electron chi connectivity index (χ4n) is 2.47. The number of hydrogen-bond acceptors (Lipinski definition) is 6. The SMILES string of the molecule is Cc1cnc(C(=O)Nc2ccc(CC(=O)Nc3cc(C(C)(C)C)on3)cc2)cn1. The maximum Gasteiger partial charge on any atom is 0.275 e. The number of hydrogen-bond donors (Lipinski definition) is 2. The van der Waals surface area contributed by atoms with Gasteiger partial charge in [0.1, 0.15) is 11.5 Å². The molecular weight excluding hydrogens is 370 g/mol. The molecular formula is C21H23N5O3. The Morgan fingerprint density at radius 2 is 1.76 bits per heavy atom. The third-order valence-corrected chi connectivity index (χ3v) is 4.11.